The minimum absolute atomic E-state index is 0.0170. The van der Waals surface area contributed by atoms with Gasteiger partial charge in [-0.1, -0.05) is 0 Å². The monoisotopic (exact) mass is 279 g/mol. The number of Topliss-reactive ketones (excluding diaryl/α,β-unsaturated/α-hetero) is 1. The molecule has 1 aromatic rings. The molecule has 0 bridgehead atoms. The van der Waals surface area contributed by atoms with Gasteiger partial charge >= 0.3 is 0 Å². The number of likely N-dealkylation sites (N-methyl/N-ethyl adjacent to an activating group) is 1. The van der Waals surface area contributed by atoms with Gasteiger partial charge in [0.2, 0.25) is 0 Å². The first-order chi connectivity index (χ1) is 9.58. The predicted molar refractivity (Wildman–Crippen MR) is 76.4 cm³/mol. The summed E-state index contributed by atoms with van der Waals surface area (Å²) in [5, 5.41) is 0. The van der Waals surface area contributed by atoms with Gasteiger partial charge in [-0.2, -0.15) is 0 Å². The summed E-state index contributed by atoms with van der Waals surface area (Å²) in [6.45, 7) is 3.46. The van der Waals surface area contributed by atoms with E-state index in [2.05, 4.69) is 0 Å². The Hall–Kier alpha value is -1.26. The van der Waals surface area contributed by atoms with E-state index in [4.69, 9.17) is 4.74 Å². The summed E-state index contributed by atoms with van der Waals surface area (Å²) in [5.74, 6) is -0.304. The summed E-state index contributed by atoms with van der Waals surface area (Å²) in [6.07, 6.45) is 3.60. The largest absolute Gasteiger partial charge is 0.377 e. The molecule has 110 valence electrons. The van der Waals surface area contributed by atoms with E-state index in [0.29, 0.717) is 5.56 Å². The molecule has 2 rings (SSSR count). The normalized spacial score (nSPS) is 20.9. The lowest BCUT2D eigenvalue weighted by Crippen LogP contribution is -2.42. The molecule has 1 aliphatic rings. The third-order valence-electron chi connectivity index (χ3n) is 3.93. The number of halogens is 1. The highest BCUT2D eigenvalue weighted by Crippen LogP contribution is 2.16. The molecule has 1 saturated heterocycles. The molecule has 0 amide bonds. The number of carbonyl (C=O) groups is 1. The molecule has 0 radical (unpaired) electrons. The maximum Gasteiger partial charge on any atom is 0.179 e. The zero-order chi connectivity index (χ0) is 14.5. The fourth-order valence-electron chi connectivity index (χ4n) is 2.49. The van der Waals surface area contributed by atoms with Crippen molar-refractivity contribution in [3.8, 4) is 0 Å². The molecular formula is C16H22FNO2. The molecule has 2 atom stereocenters. The van der Waals surface area contributed by atoms with Crippen molar-refractivity contribution in [2.45, 2.75) is 38.3 Å². The summed E-state index contributed by atoms with van der Waals surface area (Å²) in [7, 11) is 1.93. The van der Waals surface area contributed by atoms with Crippen molar-refractivity contribution in [1.82, 2.24) is 4.90 Å². The van der Waals surface area contributed by atoms with Crippen LogP contribution in [0, 0.1) is 5.82 Å². The molecule has 0 aliphatic carbocycles. The van der Waals surface area contributed by atoms with Crippen molar-refractivity contribution in [2.75, 3.05) is 20.2 Å². The number of rotatable bonds is 5. The first-order valence-corrected chi connectivity index (χ1v) is 7.19. The Kier molecular flexibility index (Phi) is 5.26. The second kappa shape index (κ2) is 6.95. The molecule has 0 saturated carbocycles. The van der Waals surface area contributed by atoms with Gasteiger partial charge < -0.3 is 4.74 Å². The standard InChI is InChI=1S/C16H22FNO2/c1-12(16(19)13-6-8-14(17)9-7-13)18(2)11-15-5-3-4-10-20-15/h6-9,12,15H,3-5,10-11H2,1-2H3. The lowest BCUT2D eigenvalue weighted by Gasteiger charge is -2.30. The number of hydrogen-bond donors (Lipinski definition) is 0. The Labute approximate surface area is 119 Å². The van der Waals surface area contributed by atoms with Gasteiger partial charge in [-0.25, -0.2) is 4.39 Å². The number of ether oxygens (including phenoxy) is 1. The van der Waals surface area contributed by atoms with Crippen LogP contribution in [0.3, 0.4) is 0 Å². The molecule has 1 heterocycles. The minimum Gasteiger partial charge on any atom is -0.377 e. The summed E-state index contributed by atoms with van der Waals surface area (Å²) >= 11 is 0. The molecule has 20 heavy (non-hydrogen) atoms. The summed E-state index contributed by atoms with van der Waals surface area (Å²) in [5.41, 5.74) is 0.551. The van der Waals surface area contributed by atoms with Crippen LogP contribution < -0.4 is 0 Å². The summed E-state index contributed by atoms with van der Waals surface area (Å²) in [6, 6.07) is 5.50. The molecule has 3 nitrogen and oxygen atoms in total. The van der Waals surface area contributed by atoms with Gasteiger partial charge in [0, 0.05) is 18.7 Å². The molecule has 2 unspecified atom stereocenters. The zero-order valence-corrected chi connectivity index (χ0v) is 12.1. The Morgan fingerprint density at radius 2 is 2.10 bits per heavy atom. The topological polar surface area (TPSA) is 29.5 Å². The van der Waals surface area contributed by atoms with Crippen molar-refractivity contribution >= 4 is 5.78 Å². The average Bonchev–Trinajstić information content (AvgIpc) is 2.47. The quantitative estimate of drug-likeness (QED) is 0.776. The Bertz CT molecular complexity index is 440. The third-order valence-corrected chi connectivity index (χ3v) is 3.93. The molecular weight excluding hydrogens is 257 g/mol. The van der Waals surface area contributed by atoms with Gasteiger partial charge in [0.15, 0.2) is 5.78 Å². The molecule has 0 spiro atoms. The fourth-order valence-corrected chi connectivity index (χ4v) is 2.49. The second-order valence-corrected chi connectivity index (χ2v) is 5.48. The van der Waals surface area contributed by atoms with Crippen LogP contribution in [0.15, 0.2) is 24.3 Å². The molecule has 0 N–H and O–H groups in total. The van der Waals surface area contributed by atoms with Crippen molar-refractivity contribution in [3.63, 3.8) is 0 Å². The van der Waals surface area contributed by atoms with Crippen molar-refractivity contribution in [3.05, 3.63) is 35.6 Å². The molecule has 4 heteroatoms. The van der Waals surface area contributed by atoms with Gasteiger partial charge in [-0.05, 0) is 57.5 Å². The minimum atomic E-state index is -0.321. The lowest BCUT2D eigenvalue weighted by molar-refractivity contribution is -0.00577. The Morgan fingerprint density at radius 1 is 1.40 bits per heavy atom. The molecule has 1 fully saturated rings. The number of carbonyl (C=O) groups excluding carboxylic acids is 1. The summed E-state index contributed by atoms with van der Waals surface area (Å²) in [4.78, 5) is 14.3. The molecule has 1 aromatic carbocycles. The van der Waals surface area contributed by atoms with Crippen LogP contribution in [-0.4, -0.2) is 43.0 Å². The average molecular weight is 279 g/mol. The van der Waals surface area contributed by atoms with Crippen LogP contribution >= 0.6 is 0 Å². The van der Waals surface area contributed by atoms with E-state index >= 15 is 0 Å². The van der Waals surface area contributed by atoms with E-state index < -0.39 is 0 Å². The van der Waals surface area contributed by atoms with Gasteiger partial charge in [-0.15, -0.1) is 0 Å². The van der Waals surface area contributed by atoms with E-state index in [1.54, 1.807) is 12.1 Å². The van der Waals surface area contributed by atoms with Crippen molar-refractivity contribution in [2.24, 2.45) is 0 Å². The highest BCUT2D eigenvalue weighted by Gasteiger charge is 2.23. The highest BCUT2D eigenvalue weighted by atomic mass is 19.1. The summed E-state index contributed by atoms with van der Waals surface area (Å²) < 4.78 is 18.6. The van der Waals surface area contributed by atoms with Crippen LogP contribution in [0.2, 0.25) is 0 Å². The van der Waals surface area contributed by atoms with Crippen LogP contribution in [0.4, 0.5) is 4.39 Å². The number of hydrogen-bond acceptors (Lipinski definition) is 3. The van der Waals surface area contributed by atoms with Gasteiger partial charge in [0.1, 0.15) is 5.82 Å². The van der Waals surface area contributed by atoms with Crippen LogP contribution in [-0.2, 0) is 4.74 Å². The van der Waals surface area contributed by atoms with E-state index in [1.165, 1.54) is 18.6 Å². The van der Waals surface area contributed by atoms with Gasteiger partial charge in [0.05, 0.1) is 12.1 Å². The zero-order valence-electron chi connectivity index (χ0n) is 12.1. The number of nitrogens with zero attached hydrogens (tertiary/aromatic N) is 1. The smallest absolute Gasteiger partial charge is 0.179 e. The van der Waals surface area contributed by atoms with Crippen molar-refractivity contribution in [1.29, 1.82) is 0 Å². The van der Waals surface area contributed by atoms with Crippen LogP contribution in [0.1, 0.15) is 36.5 Å². The van der Waals surface area contributed by atoms with Crippen LogP contribution in [0.25, 0.3) is 0 Å². The first-order valence-electron chi connectivity index (χ1n) is 7.19. The van der Waals surface area contributed by atoms with Gasteiger partial charge in [0.25, 0.3) is 0 Å². The number of ketones is 1. The predicted octanol–water partition coefficient (Wildman–Crippen LogP) is 2.90. The first kappa shape index (κ1) is 15.1. The SMILES string of the molecule is CC(C(=O)c1ccc(F)cc1)N(C)CC1CCCCO1. The molecule has 0 aromatic heterocycles. The van der Waals surface area contributed by atoms with Crippen molar-refractivity contribution < 1.29 is 13.9 Å². The maximum atomic E-state index is 12.9. The Morgan fingerprint density at radius 3 is 2.70 bits per heavy atom. The van der Waals surface area contributed by atoms with E-state index in [-0.39, 0.29) is 23.7 Å². The lowest BCUT2D eigenvalue weighted by atomic mass is 10.0. The third kappa shape index (κ3) is 3.87. The van der Waals surface area contributed by atoms with Crippen LogP contribution in [0.5, 0.6) is 0 Å². The fraction of sp³-hybridized carbons (Fsp3) is 0.562. The molecule has 1 aliphatic heterocycles. The van der Waals surface area contributed by atoms with E-state index in [0.717, 1.165) is 26.0 Å². The maximum absolute atomic E-state index is 12.9. The number of benzene rings is 1. The second-order valence-electron chi connectivity index (χ2n) is 5.48. The van der Waals surface area contributed by atoms with Gasteiger partial charge in [-0.3, -0.25) is 9.69 Å². The van der Waals surface area contributed by atoms with E-state index in [9.17, 15) is 9.18 Å². The van der Waals surface area contributed by atoms with E-state index in [1.807, 2.05) is 18.9 Å². The Balaban J connectivity index is 1.93. The highest BCUT2D eigenvalue weighted by molar-refractivity contribution is 5.99.